The molecule has 0 unspecified atom stereocenters. The third-order valence-electron chi connectivity index (χ3n) is 18.3. The third kappa shape index (κ3) is 19.1. The van der Waals surface area contributed by atoms with E-state index in [4.69, 9.17) is 73.1 Å². The Morgan fingerprint density at radius 1 is 0.514 bits per heavy atom. The maximum atomic E-state index is 13.0. The summed E-state index contributed by atoms with van der Waals surface area (Å²) in [6.45, 7) is 14.9. The van der Waals surface area contributed by atoms with Gasteiger partial charge in [-0.2, -0.15) is 0 Å². The van der Waals surface area contributed by atoms with Crippen LogP contribution in [0.4, 0.5) is 4.79 Å². The number of aliphatic hydroxyl groups is 1. The van der Waals surface area contributed by atoms with Crippen LogP contribution in [0.1, 0.15) is 102 Å². The number of β-amino-alcohol motifs (C(OH)–C–C–N with tert-alkyl or cyclic N) is 1. The number of aliphatic hydroxyl groups excluding tert-OH is 1. The van der Waals surface area contributed by atoms with E-state index in [2.05, 4.69) is 5.32 Å². The number of nitrogens with zero attached hydrogens (tertiary/aromatic N) is 3. The number of phenols is 6. The van der Waals surface area contributed by atoms with Crippen molar-refractivity contribution in [3.63, 3.8) is 0 Å². The summed E-state index contributed by atoms with van der Waals surface area (Å²) in [5.74, 6) is -4.85. The van der Waals surface area contributed by atoms with Crippen molar-refractivity contribution in [2.45, 2.75) is 121 Å². The van der Waals surface area contributed by atoms with Gasteiger partial charge in [0.05, 0.1) is 27.1 Å². The van der Waals surface area contributed by atoms with Crippen LogP contribution in [0, 0.1) is 5.92 Å². The minimum atomic E-state index is -1.09. The Bertz CT molecular complexity index is 4800. The van der Waals surface area contributed by atoms with Gasteiger partial charge in [-0.25, -0.2) is 4.79 Å². The van der Waals surface area contributed by atoms with Crippen molar-refractivity contribution in [3.8, 4) is 68.5 Å². The third-order valence-corrected chi connectivity index (χ3v) is 19.3. The van der Waals surface area contributed by atoms with Gasteiger partial charge in [-0.3, -0.25) is 28.8 Å². The summed E-state index contributed by atoms with van der Waals surface area (Å²) in [5.41, 5.74) is 6.36. The number of amides is 1. The normalized spacial score (nSPS) is 19.1. The van der Waals surface area contributed by atoms with Crippen molar-refractivity contribution < 1.29 is 87.5 Å². The molecule has 0 saturated carbocycles. The molecular weight excluding hydrogens is 1450 g/mol. The molecule has 9 aromatic rings. The number of likely N-dealkylation sites (N-methyl/N-ethyl adjacent to an activating group) is 3. The number of carbonyl (C=O) groups excluding carboxylic acids is 3. The number of rotatable bonds is 12. The van der Waals surface area contributed by atoms with Gasteiger partial charge in [0.15, 0.2) is 16.3 Å². The number of nitrogens with two attached hydrogens (primary N) is 1. The first-order valence-electron chi connectivity index (χ1n) is 34.4. The van der Waals surface area contributed by atoms with Gasteiger partial charge in [-0.15, -0.1) is 0 Å². The molecule has 29 heteroatoms. The molecule has 0 bridgehead atoms. The minimum absolute atomic E-state index is 0.0188. The Morgan fingerprint density at radius 3 is 1.16 bits per heavy atom. The lowest BCUT2D eigenvalue weighted by molar-refractivity contribution is -0.156. The van der Waals surface area contributed by atoms with Gasteiger partial charge in [-0.05, 0) is 131 Å². The van der Waals surface area contributed by atoms with Crippen molar-refractivity contribution in [1.82, 2.24) is 20.0 Å². The SMILES string of the molecule is CC(C)C(=O)O[C@@H]1CN(C)CC[C@@H]1c1c(O)cc(O)c2c(=O)cc(-c3ccccc3Cl)oc12.CN1CC[C@H](c2c(O)cc(O)c3c(=O)cc(-c4ccccc4Cl)oc23)[C@H](O)C1.C[C@H](N)C(=O)O[C@@H]1CN(C)CC[C@@H]1c1c(O)cc(O)c2c(=O)cc(-c3ccccc3Cl)oc12.C[C@H](NC(=O)OC(C)(C)C)C(=O)O. The standard InChI is InChI=1S/C25H26ClNO6.C24H25ClN2O6.C21H20ClNO5.C8H15NO4/c1-13(2)25(31)33-21-12-27(3)9-8-15(21)22-17(28)10-18(29)23-19(30)11-20(32-24(22)23)14-6-4-5-7-16(14)26;1-12(26)24(31)33-20-11-27(2)8-7-14(20)21-16(28)9-17(29)22-18(30)10-19(32-23(21)22)13-5-3-4-6-15(13)25;1-23-7-6-12(17(27)10-23)19-14(24)8-15(25)20-16(26)9-18(28-21(19)20)11-4-2-3-5-13(11)22;1-5(6(10)11)9-7(12)13-8(2,3)4/h4-7,10-11,13,15,21,28-29H,8-9,12H2,1-3H3;3-6,9-10,12,14,20,28-29H,7-8,11,26H2,1-2H3;2-5,8-9,12,17,24-25,27H,6-7,10H2,1H3;5H,1-4H3,(H,9,12)(H,10,11)/t15-,21+;12-,14-,20+;12-,17+;5-/m0000/s1. The predicted octanol–water partition coefficient (Wildman–Crippen LogP) is 12.0. The summed E-state index contributed by atoms with van der Waals surface area (Å²) in [6, 6.07) is 26.2. The average Bonchev–Trinajstić information content (AvgIpc) is 0.760. The number of phenolic OH excluding ortho intramolecular Hbond substituents is 6. The number of ether oxygens (including phenoxy) is 3. The number of fused-ring (bicyclic) bond motifs is 3. The van der Waals surface area contributed by atoms with Crippen LogP contribution < -0.4 is 27.3 Å². The monoisotopic (exact) mass is 1530 g/mol. The van der Waals surface area contributed by atoms with Crippen LogP contribution in [-0.4, -0.2) is 176 Å². The summed E-state index contributed by atoms with van der Waals surface area (Å²) in [4.78, 5) is 90.8. The molecule has 3 aliphatic heterocycles. The highest BCUT2D eigenvalue weighted by molar-refractivity contribution is 6.34. The predicted molar refractivity (Wildman–Crippen MR) is 404 cm³/mol. The number of benzene rings is 6. The highest BCUT2D eigenvalue weighted by Gasteiger charge is 2.40. The highest BCUT2D eigenvalue weighted by atomic mass is 35.5. The molecule has 3 aliphatic rings. The van der Waals surface area contributed by atoms with Gasteiger partial charge in [0.1, 0.15) is 115 Å². The molecule has 11 N–H and O–H groups in total. The molecule has 0 spiro atoms. The van der Waals surface area contributed by atoms with Crippen LogP contribution in [0.15, 0.2) is 137 Å². The Morgan fingerprint density at radius 2 is 0.841 bits per heavy atom. The number of aromatic hydroxyl groups is 6. The Labute approximate surface area is 629 Å². The summed E-state index contributed by atoms with van der Waals surface area (Å²) < 4.78 is 34.5. The molecule has 8 atom stereocenters. The van der Waals surface area contributed by atoms with Gasteiger partial charge in [0, 0.05) is 107 Å². The van der Waals surface area contributed by atoms with Crippen molar-refractivity contribution in [1.29, 1.82) is 0 Å². The zero-order chi connectivity index (χ0) is 78.4. The van der Waals surface area contributed by atoms with Gasteiger partial charge in [0.25, 0.3) is 0 Å². The molecular formula is C78H86Cl3N5O21. The number of carboxylic acid groups (broad SMARTS) is 1. The fourth-order valence-corrected chi connectivity index (χ4v) is 13.7. The van der Waals surface area contributed by atoms with Gasteiger partial charge in [0.2, 0.25) is 0 Å². The zero-order valence-electron chi connectivity index (χ0n) is 60.4. The summed E-state index contributed by atoms with van der Waals surface area (Å²) >= 11 is 18.9. The maximum absolute atomic E-state index is 13.0. The molecule has 6 aromatic carbocycles. The number of likely N-dealkylation sites (tertiary alicyclic amines) is 3. The van der Waals surface area contributed by atoms with Crippen LogP contribution in [-0.2, 0) is 28.6 Å². The number of hydrogen-bond donors (Lipinski definition) is 10. The van der Waals surface area contributed by atoms with E-state index in [-0.39, 0.29) is 90.8 Å². The Hall–Kier alpha value is -9.90. The average molecular weight is 1540 g/mol. The number of halogens is 3. The lowest BCUT2D eigenvalue weighted by Gasteiger charge is -2.37. The second kappa shape index (κ2) is 34.3. The van der Waals surface area contributed by atoms with Crippen LogP contribution in [0.5, 0.6) is 34.5 Å². The number of carbonyl (C=O) groups is 4. The van der Waals surface area contributed by atoms with Crippen molar-refractivity contribution in [2.24, 2.45) is 11.7 Å². The Kier molecular flexibility index (Phi) is 26.1. The summed E-state index contributed by atoms with van der Waals surface area (Å²) in [6.07, 6.45) is -1.03. The van der Waals surface area contributed by atoms with E-state index in [0.29, 0.717) is 100 Å². The number of nitrogens with one attached hydrogen (secondary N) is 1. The lowest BCUT2D eigenvalue weighted by Crippen LogP contribution is -2.45. The quantitative estimate of drug-likeness (QED) is 0.0401. The van der Waals surface area contributed by atoms with E-state index in [0.717, 1.165) is 24.7 Å². The van der Waals surface area contributed by atoms with Gasteiger partial charge in [-0.1, -0.05) is 85.0 Å². The molecule has 6 heterocycles. The molecule has 0 aliphatic carbocycles. The van der Waals surface area contributed by atoms with E-state index in [1.54, 1.807) is 107 Å². The molecule has 26 nitrogen and oxygen atoms in total. The van der Waals surface area contributed by atoms with Crippen LogP contribution in [0.25, 0.3) is 66.9 Å². The second-order valence-electron chi connectivity index (χ2n) is 28.1. The second-order valence-corrected chi connectivity index (χ2v) is 29.3. The summed E-state index contributed by atoms with van der Waals surface area (Å²) in [7, 11) is 5.73. The number of piperidine rings is 3. The number of hydrogen-bond acceptors (Lipinski definition) is 24. The molecule has 107 heavy (non-hydrogen) atoms. The number of esters is 2. The van der Waals surface area contributed by atoms with Crippen molar-refractivity contribution >= 4 is 91.7 Å². The molecule has 3 fully saturated rings. The maximum Gasteiger partial charge on any atom is 0.408 e. The van der Waals surface area contributed by atoms with E-state index in [9.17, 15) is 69.3 Å². The van der Waals surface area contributed by atoms with E-state index in [1.807, 2.05) is 35.8 Å². The zero-order valence-corrected chi connectivity index (χ0v) is 62.7. The van der Waals surface area contributed by atoms with Crippen LogP contribution in [0.2, 0.25) is 15.1 Å². The van der Waals surface area contributed by atoms with E-state index in [1.165, 1.54) is 32.0 Å². The topological polar surface area (TPSA) is 396 Å². The first-order chi connectivity index (χ1) is 50.4. The fourth-order valence-electron chi connectivity index (χ4n) is 13.0. The van der Waals surface area contributed by atoms with E-state index >= 15 is 0 Å². The van der Waals surface area contributed by atoms with Crippen LogP contribution in [0.3, 0.4) is 0 Å². The number of aliphatic carboxylic acids is 1. The molecule has 570 valence electrons. The van der Waals surface area contributed by atoms with Crippen molar-refractivity contribution in [2.75, 3.05) is 60.4 Å². The Balaban J connectivity index is 0.000000172. The molecule has 0 radical (unpaired) electrons. The molecule has 3 saturated heterocycles. The molecule has 1 amide bonds. The minimum Gasteiger partial charge on any atom is -0.507 e. The molecule has 3 aromatic heterocycles. The van der Waals surface area contributed by atoms with E-state index < -0.39 is 93.8 Å². The summed E-state index contributed by atoms with van der Waals surface area (Å²) in [5, 5.41) is 85.7. The first-order valence-corrected chi connectivity index (χ1v) is 35.5. The largest absolute Gasteiger partial charge is 0.507 e. The number of carboxylic acids is 1. The van der Waals surface area contributed by atoms with Gasteiger partial charge < -0.3 is 94.1 Å². The smallest absolute Gasteiger partial charge is 0.408 e. The van der Waals surface area contributed by atoms with Crippen LogP contribution >= 0.6 is 34.8 Å². The molecule has 12 rings (SSSR count). The van der Waals surface area contributed by atoms with Gasteiger partial charge >= 0.3 is 24.0 Å². The fraction of sp³-hybridized carbons (Fsp3) is 0.372. The van der Waals surface area contributed by atoms with Crippen molar-refractivity contribution in [3.05, 3.63) is 172 Å². The first kappa shape index (κ1) is 81.2. The lowest BCUT2D eigenvalue weighted by atomic mass is 9.85. The number of alkyl carbamates (subject to hydrolysis) is 1. The highest BCUT2D eigenvalue weighted by Crippen LogP contribution is 2.48.